The molecule has 0 heterocycles. The molecule has 0 aliphatic rings. The molecule has 0 aliphatic heterocycles. The van der Waals surface area contributed by atoms with Gasteiger partial charge >= 0.3 is 18.3 Å². The number of hydrogen-bond donors (Lipinski definition) is 2. The second kappa shape index (κ2) is 4.25. The second-order valence-corrected chi connectivity index (χ2v) is 2.82. The molecule has 3 N–H and O–H groups in total. The highest BCUT2D eigenvalue weighted by atomic mass is 19.4. The van der Waals surface area contributed by atoms with E-state index in [1.807, 2.05) is 0 Å². The molecule has 1 unspecified atom stereocenters. The Morgan fingerprint density at radius 3 is 1.67 bits per heavy atom. The van der Waals surface area contributed by atoms with Gasteiger partial charge in [0.1, 0.15) is 6.04 Å². The van der Waals surface area contributed by atoms with Crippen molar-refractivity contribution in [3.05, 3.63) is 0 Å². The third-order valence-corrected chi connectivity index (χ3v) is 1.60. The van der Waals surface area contributed by atoms with Gasteiger partial charge in [0.2, 0.25) is 0 Å². The molecule has 9 heteroatoms. The number of carboxylic acids is 1. The van der Waals surface area contributed by atoms with Gasteiger partial charge in [-0.3, -0.25) is 4.79 Å². The summed E-state index contributed by atoms with van der Waals surface area (Å²) in [6, 6.07) is -2.20. The number of aliphatic carboxylic acids is 1. The molecular weight excluding hydrogens is 232 g/mol. The van der Waals surface area contributed by atoms with Crippen LogP contribution in [0.3, 0.4) is 0 Å². The van der Waals surface area contributed by atoms with Gasteiger partial charge in [-0.2, -0.15) is 26.3 Å². The van der Waals surface area contributed by atoms with Crippen LogP contribution < -0.4 is 5.73 Å². The molecule has 0 saturated carbocycles. The van der Waals surface area contributed by atoms with E-state index in [4.69, 9.17) is 5.11 Å². The zero-order valence-corrected chi connectivity index (χ0v) is 7.06. The van der Waals surface area contributed by atoms with E-state index in [0.29, 0.717) is 0 Å². The summed E-state index contributed by atoms with van der Waals surface area (Å²) >= 11 is 0. The number of alkyl halides is 6. The van der Waals surface area contributed by atoms with Gasteiger partial charge in [0, 0.05) is 0 Å². The predicted octanol–water partition coefficient (Wildman–Crippen LogP) is 1.53. The third-order valence-electron chi connectivity index (χ3n) is 1.60. The summed E-state index contributed by atoms with van der Waals surface area (Å²) in [5, 5.41) is 8.10. The number of halogens is 6. The summed E-state index contributed by atoms with van der Waals surface area (Å²) in [4.78, 5) is 10.0. The molecule has 0 radical (unpaired) electrons. The minimum Gasteiger partial charge on any atom is -0.480 e. The Morgan fingerprint density at radius 1 is 1.13 bits per heavy atom. The van der Waals surface area contributed by atoms with E-state index in [9.17, 15) is 31.1 Å². The van der Waals surface area contributed by atoms with E-state index < -0.39 is 36.7 Å². The van der Waals surface area contributed by atoms with Crippen molar-refractivity contribution in [3.8, 4) is 0 Å². The van der Waals surface area contributed by atoms with Gasteiger partial charge in [-0.05, 0) is 6.42 Å². The Morgan fingerprint density at radius 2 is 1.47 bits per heavy atom. The summed E-state index contributed by atoms with van der Waals surface area (Å²) in [5.41, 5.74) is 4.61. The fourth-order valence-corrected chi connectivity index (χ4v) is 0.808. The normalized spacial score (nSPS) is 15.5. The van der Waals surface area contributed by atoms with Gasteiger partial charge in [-0.1, -0.05) is 0 Å². The van der Waals surface area contributed by atoms with Crippen LogP contribution in [0.15, 0.2) is 0 Å². The lowest BCUT2D eigenvalue weighted by atomic mass is 9.99. The van der Waals surface area contributed by atoms with Crippen molar-refractivity contribution in [2.45, 2.75) is 24.8 Å². The maximum atomic E-state index is 11.9. The lowest BCUT2D eigenvalue weighted by molar-refractivity contribution is -0.286. The van der Waals surface area contributed by atoms with Crippen molar-refractivity contribution in [3.63, 3.8) is 0 Å². The highest BCUT2D eigenvalue weighted by molar-refractivity contribution is 5.73. The lowest BCUT2D eigenvalue weighted by Crippen LogP contribution is -2.43. The van der Waals surface area contributed by atoms with Crippen LogP contribution in [0.25, 0.3) is 0 Å². The van der Waals surface area contributed by atoms with Crippen LogP contribution in [0.5, 0.6) is 0 Å². The molecule has 0 aliphatic carbocycles. The average molecular weight is 239 g/mol. The van der Waals surface area contributed by atoms with E-state index in [1.165, 1.54) is 0 Å². The van der Waals surface area contributed by atoms with Gasteiger partial charge in [0.05, 0.1) is 0 Å². The molecule has 0 saturated heterocycles. The van der Waals surface area contributed by atoms with E-state index in [-0.39, 0.29) is 0 Å². The van der Waals surface area contributed by atoms with Crippen LogP contribution in [-0.2, 0) is 4.79 Å². The zero-order valence-electron chi connectivity index (χ0n) is 7.06. The first-order chi connectivity index (χ1) is 6.46. The second-order valence-electron chi connectivity index (χ2n) is 2.82. The first-order valence-corrected chi connectivity index (χ1v) is 3.58. The number of carbonyl (C=O) groups is 1. The third kappa shape index (κ3) is 4.36. The van der Waals surface area contributed by atoms with E-state index in [0.717, 1.165) is 0 Å². The number of carboxylic acid groups (broad SMARTS) is 1. The van der Waals surface area contributed by atoms with Gasteiger partial charge in [0.15, 0.2) is 5.92 Å². The van der Waals surface area contributed by atoms with Crippen molar-refractivity contribution in [2.75, 3.05) is 0 Å². The van der Waals surface area contributed by atoms with E-state index in [1.54, 1.807) is 0 Å². The molecule has 0 aromatic carbocycles. The standard InChI is InChI=1S/C6H7F6NO2/c7-5(8,9)3(6(10,11)12)1-2(13)4(14)15/h2-3H,1,13H2,(H,14,15). The highest BCUT2D eigenvalue weighted by Crippen LogP contribution is 2.41. The summed E-state index contributed by atoms with van der Waals surface area (Å²) in [6.07, 6.45) is -12.8. The Bertz CT molecular complexity index is 221. The topological polar surface area (TPSA) is 63.3 Å². The van der Waals surface area contributed by atoms with Gasteiger partial charge in [0.25, 0.3) is 0 Å². The number of hydrogen-bond acceptors (Lipinski definition) is 2. The molecule has 1 atom stereocenters. The maximum Gasteiger partial charge on any atom is 0.400 e. The SMILES string of the molecule is NC(CC(C(F)(F)F)C(F)(F)F)C(=O)O. The molecule has 0 spiro atoms. The van der Waals surface area contributed by atoms with Crippen molar-refractivity contribution in [1.29, 1.82) is 0 Å². The molecular formula is C6H7F6NO2. The first-order valence-electron chi connectivity index (χ1n) is 3.58. The molecule has 0 aromatic rings. The molecule has 3 nitrogen and oxygen atoms in total. The highest BCUT2D eigenvalue weighted by Gasteiger charge is 2.57. The quantitative estimate of drug-likeness (QED) is 0.734. The smallest absolute Gasteiger partial charge is 0.400 e. The van der Waals surface area contributed by atoms with Crippen LogP contribution in [0.4, 0.5) is 26.3 Å². The van der Waals surface area contributed by atoms with Gasteiger partial charge < -0.3 is 10.8 Å². The fourth-order valence-electron chi connectivity index (χ4n) is 0.808. The molecule has 0 fully saturated rings. The van der Waals surface area contributed by atoms with Crippen LogP contribution in [0, 0.1) is 5.92 Å². The number of nitrogens with two attached hydrogens (primary N) is 1. The molecule has 0 aromatic heterocycles. The van der Waals surface area contributed by atoms with Crippen molar-refractivity contribution >= 4 is 5.97 Å². The monoisotopic (exact) mass is 239 g/mol. The van der Waals surface area contributed by atoms with E-state index >= 15 is 0 Å². The van der Waals surface area contributed by atoms with Crippen molar-refractivity contribution in [1.82, 2.24) is 0 Å². The first kappa shape index (κ1) is 14.0. The van der Waals surface area contributed by atoms with Crippen molar-refractivity contribution in [2.24, 2.45) is 11.7 Å². The summed E-state index contributed by atoms with van der Waals surface area (Å²) in [6.45, 7) is 0. The van der Waals surface area contributed by atoms with Crippen LogP contribution >= 0.6 is 0 Å². The molecule has 0 bridgehead atoms. The number of rotatable bonds is 3. The summed E-state index contributed by atoms with van der Waals surface area (Å²) < 4.78 is 71.2. The fraction of sp³-hybridized carbons (Fsp3) is 0.833. The van der Waals surface area contributed by atoms with Gasteiger partial charge in [-0.15, -0.1) is 0 Å². The molecule has 15 heavy (non-hydrogen) atoms. The predicted molar refractivity (Wildman–Crippen MR) is 35.8 cm³/mol. The van der Waals surface area contributed by atoms with Crippen LogP contribution in [-0.4, -0.2) is 29.5 Å². The van der Waals surface area contributed by atoms with Crippen molar-refractivity contribution < 1.29 is 36.2 Å². The molecule has 0 amide bonds. The zero-order chi connectivity index (χ0) is 12.4. The van der Waals surface area contributed by atoms with Crippen LogP contribution in [0.1, 0.15) is 6.42 Å². The summed E-state index contributed by atoms with van der Waals surface area (Å²) in [5.74, 6) is -5.62. The Kier molecular flexibility index (Phi) is 3.97. The van der Waals surface area contributed by atoms with Crippen LogP contribution in [0.2, 0.25) is 0 Å². The maximum absolute atomic E-state index is 11.9. The minimum atomic E-state index is -5.55. The van der Waals surface area contributed by atoms with Gasteiger partial charge in [-0.25, -0.2) is 0 Å². The minimum absolute atomic E-state index is 1.72. The molecule has 0 rings (SSSR count). The largest absolute Gasteiger partial charge is 0.480 e. The molecule has 90 valence electrons. The average Bonchev–Trinajstić information content (AvgIpc) is 1.94. The summed E-state index contributed by atoms with van der Waals surface area (Å²) in [7, 11) is 0. The lowest BCUT2D eigenvalue weighted by Gasteiger charge is -2.24. The Labute approximate surface area is 79.9 Å². The Hall–Kier alpha value is -0.990. The van der Waals surface area contributed by atoms with E-state index in [2.05, 4.69) is 5.73 Å². The Balaban J connectivity index is 4.77.